The van der Waals surface area contributed by atoms with Gasteiger partial charge in [-0.1, -0.05) is 25.5 Å². The minimum absolute atomic E-state index is 0.919. The van der Waals surface area contributed by atoms with Gasteiger partial charge in [0.2, 0.25) is 0 Å². The van der Waals surface area contributed by atoms with E-state index in [0.717, 1.165) is 12.5 Å². The van der Waals surface area contributed by atoms with Crippen LogP contribution in [0.3, 0.4) is 0 Å². The third-order valence-electron chi connectivity index (χ3n) is 4.27. The summed E-state index contributed by atoms with van der Waals surface area (Å²) in [6.07, 6.45) is 13.7. The lowest BCUT2D eigenvalue weighted by molar-refractivity contribution is 0.180. The maximum atomic E-state index is 2.67. The van der Waals surface area contributed by atoms with Crippen LogP contribution in [0.25, 0.3) is 0 Å². The fourth-order valence-electron chi connectivity index (χ4n) is 3.23. The molecular weight excluding hydrogens is 232 g/mol. The van der Waals surface area contributed by atoms with Gasteiger partial charge < -0.3 is 9.80 Å². The van der Waals surface area contributed by atoms with E-state index in [2.05, 4.69) is 42.0 Å². The molecule has 2 heterocycles. The first kappa shape index (κ1) is 14.6. The Morgan fingerprint density at radius 1 is 1.21 bits per heavy atom. The SMILES string of the molecule is CC1=CN(CCCCCN2CCCC(C)C2)CC=C1. The van der Waals surface area contributed by atoms with Gasteiger partial charge in [-0.3, -0.25) is 0 Å². The van der Waals surface area contributed by atoms with Gasteiger partial charge in [0, 0.05) is 25.8 Å². The van der Waals surface area contributed by atoms with Crippen molar-refractivity contribution in [3.63, 3.8) is 0 Å². The van der Waals surface area contributed by atoms with Crippen LogP contribution in [0.15, 0.2) is 23.9 Å². The van der Waals surface area contributed by atoms with E-state index in [-0.39, 0.29) is 0 Å². The van der Waals surface area contributed by atoms with E-state index in [4.69, 9.17) is 0 Å². The maximum absolute atomic E-state index is 2.67. The molecule has 2 aliphatic heterocycles. The van der Waals surface area contributed by atoms with Crippen LogP contribution in [-0.4, -0.2) is 42.5 Å². The van der Waals surface area contributed by atoms with E-state index in [9.17, 15) is 0 Å². The van der Waals surface area contributed by atoms with Crippen molar-refractivity contribution >= 4 is 0 Å². The first-order valence-corrected chi connectivity index (χ1v) is 8.05. The second-order valence-electron chi connectivity index (χ2n) is 6.38. The molecule has 2 aliphatic rings. The van der Waals surface area contributed by atoms with Gasteiger partial charge in [0.15, 0.2) is 0 Å². The molecule has 0 aliphatic carbocycles. The Bertz CT molecular complexity index is 319. The number of nitrogens with zero attached hydrogens (tertiary/aromatic N) is 2. The number of rotatable bonds is 6. The Morgan fingerprint density at radius 3 is 2.84 bits per heavy atom. The van der Waals surface area contributed by atoms with Crippen LogP contribution in [0.2, 0.25) is 0 Å². The number of likely N-dealkylation sites (tertiary alicyclic amines) is 1. The summed E-state index contributed by atoms with van der Waals surface area (Å²) in [5.74, 6) is 0.919. The van der Waals surface area contributed by atoms with Gasteiger partial charge in [0.25, 0.3) is 0 Å². The summed E-state index contributed by atoms with van der Waals surface area (Å²) < 4.78 is 0. The Labute approximate surface area is 119 Å². The summed E-state index contributed by atoms with van der Waals surface area (Å²) in [6, 6.07) is 0. The molecule has 1 atom stereocenters. The lowest BCUT2D eigenvalue weighted by atomic mass is 10.00. The number of allylic oxidation sites excluding steroid dienone is 2. The number of hydrogen-bond acceptors (Lipinski definition) is 2. The Balaban J connectivity index is 1.51. The summed E-state index contributed by atoms with van der Waals surface area (Å²) in [5.41, 5.74) is 1.38. The summed E-state index contributed by atoms with van der Waals surface area (Å²) >= 11 is 0. The van der Waals surface area contributed by atoms with Crippen molar-refractivity contribution < 1.29 is 0 Å². The predicted molar refractivity (Wildman–Crippen MR) is 83.2 cm³/mol. The average molecular weight is 262 g/mol. The molecule has 0 spiro atoms. The molecule has 0 amide bonds. The largest absolute Gasteiger partial charge is 0.373 e. The highest BCUT2D eigenvalue weighted by molar-refractivity contribution is 5.19. The van der Waals surface area contributed by atoms with Crippen molar-refractivity contribution in [2.24, 2.45) is 5.92 Å². The van der Waals surface area contributed by atoms with Gasteiger partial charge in [-0.25, -0.2) is 0 Å². The molecule has 19 heavy (non-hydrogen) atoms. The van der Waals surface area contributed by atoms with Crippen molar-refractivity contribution in [1.29, 1.82) is 0 Å². The smallest absolute Gasteiger partial charge is 0.0357 e. The molecule has 0 radical (unpaired) electrons. The quantitative estimate of drug-likeness (QED) is 0.674. The fraction of sp³-hybridized carbons (Fsp3) is 0.765. The van der Waals surface area contributed by atoms with Gasteiger partial charge in [0.1, 0.15) is 0 Å². The monoisotopic (exact) mass is 262 g/mol. The molecule has 0 aromatic carbocycles. The van der Waals surface area contributed by atoms with Crippen molar-refractivity contribution in [1.82, 2.24) is 9.80 Å². The van der Waals surface area contributed by atoms with Crippen molar-refractivity contribution in [3.8, 4) is 0 Å². The van der Waals surface area contributed by atoms with E-state index >= 15 is 0 Å². The van der Waals surface area contributed by atoms with Gasteiger partial charge >= 0.3 is 0 Å². The molecular formula is C17H30N2. The van der Waals surface area contributed by atoms with E-state index in [1.807, 2.05) is 0 Å². The second-order valence-corrected chi connectivity index (χ2v) is 6.38. The van der Waals surface area contributed by atoms with Crippen LogP contribution in [-0.2, 0) is 0 Å². The number of hydrogen-bond donors (Lipinski definition) is 0. The maximum Gasteiger partial charge on any atom is 0.0357 e. The minimum Gasteiger partial charge on any atom is -0.373 e. The third kappa shape index (κ3) is 5.40. The molecule has 0 N–H and O–H groups in total. The fourth-order valence-corrected chi connectivity index (χ4v) is 3.23. The highest BCUT2D eigenvalue weighted by atomic mass is 15.1. The zero-order valence-corrected chi connectivity index (χ0v) is 12.8. The highest BCUT2D eigenvalue weighted by Crippen LogP contribution is 2.16. The Hall–Kier alpha value is -0.760. The predicted octanol–water partition coefficient (Wildman–Crippen LogP) is 3.66. The minimum atomic E-state index is 0.919. The van der Waals surface area contributed by atoms with Crippen molar-refractivity contribution in [2.75, 3.05) is 32.7 Å². The molecule has 0 aromatic rings. The number of piperidine rings is 1. The Morgan fingerprint density at radius 2 is 2.05 bits per heavy atom. The second kappa shape index (κ2) is 7.74. The van der Waals surface area contributed by atoms with Crippen LogP contribution >= 0.6 is 0 Å². The van der Waals surface area contributed by atoms with Crippen LogP contribution in [0.4, 0.5) is 0 Å². The zero-order valence-electron chi connectivity index (χ0n) is 12.8. The molecule has 2 rings (SSSR count). The normalized spacial score (nSPS) is 24.6. The van der Waals surface area contributed by atoms with Gasteiger partial charge in [-0.2, -0.15) is 0 Å². The van der Waals surface area contributed by atoms with E-state index in [1.165, 1.54) is 63.9 Å². The van der Waals surface area contributed by atoms with Crippen LogP contribution < -0.4 is 0 Å². The molecule has 0 aromatic heterocycles. The highest BCUT2D eigenvalue weighted by Gasteiger charge is 2.15. The molecule has 2 nitrogen and oxygen atoms in total. The summed E-state index contributed by atoms with van der Waals surface area (Å²) in [4.78, 5) is 5.11. The molecule has 2 heteroatoms. The number of unbranched alkanes of at least 4 members (excludes halogenated alkanes) is 2. The average Bonchev–Trinajstić information content (AvgIpc) is 2.38. The van der Waals surface area contributed by atoms with Crippen molar-refractivity contribution in [3.05, 3.63) is 23.9 Å². The molecule has 1 unspecified atom stereocenters. The Kier molecular flexibility index (Phi) is 5.96. The third-order valence-corrected chi connectivity index (χ3v) is 4.27. The van der Waals surface area contributed by atoms with Crippen LogP contribution in [0.5, 0.6) is 0 Å². The lowest BCUT2D eigenvalue weighted by Gasteiger charge is -2.30. The first-order valence-electron chi connectivity index (χ1n) is 8.05. The molecule has 0 saturated carbocycles. The summed E-state index contributed by atoms with van der Waals surface area (Å²) in [6.45, 7) is 10.9. The lowest BCUT2D eigenvalue weighted by Crippen LogP contribution is -2.35. The van der Waals surface area contributed by atoms with Crippen LogP contribution in [0, 0.1) is 5.92 Å². The van der Waals surface area contributed by atoms with Crippen molar-refractivity contribution in [2.45, 2.75) is 46.0 Å². The summed E-state index contributed by atoms with van der Waals surface area (Å²) in [7, 11) is 0. The zero-order chi connectivity index (χ0) is 13.5. The van der Waals surface area contributed by atoms with E-state index < -0.39 is 0 Å². The van der Waals surface area contributed by atoms with Gasteiger partial charge in [0.05, 0.1) is 0 Å². The first-order chi connectivity index (χ1) is 9.24. The standard InChI is InChI=1S/C17H30N2/c1-16-8-6-12-18(14-16)10-4-3-5-11-19-13-7-9-17(2)15-19/h6,8,14,17H,3-5,7,9-13,15H2,1-2H3. The molecule has 1 saturated heterocycles. The van der Waals surface area contributed by atoms with E-state index in [0.29, 0.717) is 0 Å². The van der Waals surface area contributed by atoms with Gasteiger partial charge in [-0.15, -0.1) is 0 Å². The van der Waals surface area contributed by atoms with Crippen LogP contribution in [0.1, 0.15) is 46.0 Å². The molecule has 108 valence electrons. The molecule has 1 fully saturated rings. The van der Waals surface area contributed by atoms with Gasteiger partial charge in [-0.05, 0) is 57.2 Å². The topological polar surface area (TPSA) is 6.48 Å². The summed E-state index contributed by atoms with van der Waals surface area (Å²) in [5, 5.41) is 0. The molecule has 0 bridgehead atoms. The van der Waals surface area contributed by atoms with E-state index in [1.54, 1.807) is 0 Å².